The third-order valence-corrected chi connectivity index (χ3v) is 9.99. The van der Waals surface area contributed by atoms with Crippen LogP contribution in [-0.2, 0) is 4.79 Å². The molecule has 4 heterocycles. The fourth-order valence-corrected chi connectivity index (χ4v) is 7.34. The molecule has 6 atom stereocenters. The number of nitrogens with zero attached hydrogens (tertiary/aromatic N) is 5. The molecule has 3 amide bonds. The second kappa shape index (κ2) is 15.0. The van der Waals surface area contributed by atoms with Crippen molar-refractivity contribution in [1.29, 1.82) is 0 Å². The number of nitrogens with one attached hydrogen (secondary N) is 5. The molecule has 1 saturated carbocycles. The number of aromatic nitrogens is 4. The van der Waals surface area contributed by atoms with Gasteiger partial charge in [0.05, 0.1) is 18.4 Å². The van der Waals surface area contributed by atoms with E-state index in [1.165, 1.54) is 0 Å². The fourth-order valence-electron chi connectivity index (χ4n) is 7.34. The summed E-state index contributed by atoms with van der Waals surface area (Å²) >= 11 is 0. The molecule has 50 heavy (non-hydrogen) atoms. The zero-order valence-corrected chi connectivity index (χ0v) is 27.7. The number of carbonyl (C=O) groups excluding carboxylic acids is 2. The standard InChI is InChI=1S/C35H44N10O5/c46-19-28(47)41-26-15-27(31(49)30(26)48)45-20-38-29-32(37-17-25(21-7-3-1-4-8-21)22-9-5-2-6-10-22)42-34(43-33(29)45)44-14-12-24(18-44)40-35(50)39-23-11-13-36-16-23/h1-10,20,23-27,30-31,36,46,48-49H,11-19H2,(H,41,47)(H,37,42,43)(H2,39,40,50)/t23?,24-,26+,27-,30-,31+/m1/s1. The average molecular weight is 685 g/mol. The zero-order chi connectivity index (χ0) is 34.6. The third-order valence-electron chi connectivity index (χ3n) is 9.99. The number of urea groups is 1. The van der Waals surface area contributed by atoms with Crippen molar-refractivity contribution >= 4 is 34.9 Å². The molecule has 1 unspecified atom stereocenters. The monoisotopic (exact) mass is 684 g/mol. The highest BCUT2D eigenvalue weighted by molar-refractivity contribution is 5.85. The maximum Gasteiger partial charge on any atom is 0.315 e. The Bertz CT molecular complexity index is 1730. The van der Waals surface area contributed by atoms with Crippen LogP contribution in [0.1, 0.15) is 42.3 Å². The second-order valence-electron chi connectivity index (χ2n) is 13.3. The van der Waals surface area contributed by atoms with Gasteiger partial charge in [0, 0.05) is 44.2 Å². The van der Waals surface area contributed by atoms with Gasteiger partial charge in [-0.3, -0.25) is 4.79 Å². The number of fused-ring (bicyclic) bond motifs is 1. The van der Waals surface area contributed by atoms with Crippen LogP contribution in [0.5, 0.6) is 0 Å². The van der Waals surface area contributed by atoms with E-state index in [2.05, 4.69) is 55.8 Å². The lowest BCUT2D eigenvalue weighted by atomic mass is 9.91. The van der Waals surface area contributed by atoms with Crippen LogP contribution in [0, 0.1) is 0 Å². The maximum absolute atomic E-state index is 12.7. The summed E-state index contributed by atoms with van der Waals surface area (Å²) < 4.78 is 1.73. The smallest absolute Gasteiger partial charge is 0.315 e. The van der Waals surface area contributed by atoms with Crippen LogP contribution < -0.4 is 31.5 Å². The topological polar surface area (TPSA) is 202 Å². The molecule has 2 aromatic carbocycles. The maximum atomic E-state index is 12.7. The molecule has 3 aliphatic rings. The number of anilines is 2. The van der Waals surface area contributed by atoms with Crippen LogP contribution in [0.15, 0.2) is 67.0 Å². The van der Waals surface area contributed by atoms with Gasteiger partial charge in [-0.25, -0.2) is 9.78 Å². The van der Waals surface area contributed by atoms with Gasteiger partial charge in [-0.2, -0.15) is 9.97 Å². The van der Waals surface area contributed by atoms with E-state index >= 15 is 0 Å². The average Bonchev–Trinajstić information content (AvgIpc) is 3.95. The first kappa shape index (κ1) is 33.7. The molecule has 0 bridgehead atoms. The predicted molar refractivity (Wildman–Crippen MR) is 187 cm³/mol. The van der Waals surface area contributed by atoms with Crippen molar-refractivity contribution < 1.29 is 24.9 Å². The van der Waals surface area contributed by atoms with Crippen molar-refractivity contribution in [3.8, 4) is 0 Å². The molecule has 3 fully saturated rings. The molecule has 15 heteroatoms. The molecule has 1 aliphatic carbocycles. The van der Waals surface area contributed by atoms with Gasteiger partial charge in [0.15, 0.2) is 17.0 Å². The number of carbonyl (C=O) groups is 2. The number of hydrogen-bond acceptors (Lipinski definition) is 11. The Morgan fingerprint density at radius 3 is 2.32 bits per heavy atom. The normalized spacial score (nSPS) is 24.9. The number of amides is 3. The number of benzene rings is 2. The van der Waals surface area contributed by atoms with Crippen LogP contribution >= 0.6 is 0 Å². The largest absolute Gasteiger partial charge is 0.388 e. The summed E-state index contributed by atoms with van der Waals surface area (Å²) in [5, 5.41) is 46.7. The molecule has 7 rings (SSSR count). The van der Waals surface area contributed by atoms with Gasteiger partial charge in [0.2, 0.25) is 11.9 Å². The molecule has 8 N–H and O–H groups in total. The second-order valence-corrected chi connectivity index (χ2v) is 13.3. The minimum atomic E-state index is -1.25. The van der Waals surface area contributed by atoms with Gasteiger partial charge in [0.25, 0.3) is 0 Å². The number of aliphatic hydroxyl groups is 3. The minimum Gasteiger partial charge on any atom is -0.388 e. The first-order valence-corrected chi connectivity index (χ1v) is 17.2. The summed E-state index contributed by atoms with van der Waals surface area (Å²) in [5.41, 5.74) is 3.24. The quantitative estimate of drug-likeness (QED) is 0.109. The Hall–Kier alpha value is -4.83. The van der Waals surface area contributed by atoms with Crippen molar-refractivity contribution in [2.75, 3.05) is 49.5 Å². The molecule has 2 saturated heterocycles. The Morgan fingerprint density at radius 2 is 1.64 bits per heavy atom. The van der Waals surface area contributed by atoms with Crippen molar-refractivity contribution in [3.63, 3.8) is 0 Å². The first-order chi connectivity index (χ1) is 24.4. The van der Waals surface area contributed by atoms with E-state index < -0.39 is 36.8 Å². The van der Waals surface area contributed by atoms with Crippen LogP contribution in [-0.4, -0.2) is 116 Å². The SMILES string of the molecule is O=C(CO)N[C@H]1C[C@@H](n2cnc3c(NCC(c4ccccc4)c4ccccc4)nc(N4CC[C@@H](NC(=O)NC5CCNC5)C4)nc32)[C@H](O)[C@@H]1O. The van der Waals surface area contributed by atoms with Crippen molar-refractivity contribution in [3.05, 3.63) is 78.1 Å². The number of rotatable bonds is 11. The van der Waals surface area contributed by atoms with Crippen LogP contribution in [0.3, 0.4) is 0 Å². The summed E-state index contributed by atoms with van der Waals surface area (Å²) in [4.78, 5) is 41.3. The Morgan fingerprint density at radius 1 is 0.920 bits per heavy atom. The van der Waals surface area contributed by atoms with Crippen molar-refractivity contribution in [2.45, 2.75) is 61.6 Å². The lowest BCUT2D eigenvalue weighted by Gasteiger charge is -2.22. The highest BCUT2D eigenvalue weighted by Crippen LogP contribution is 2.35. The molecule has 2 aromatic heterocycles. The molecule has 15 nitrogen and oxygen atoms in total. The molecule has 4 aromatic rings. The van der Waals surface area contributed by atoms with Gasteiger partial charge in [-0.15, -0.1) is 0 Å². The first-order valence-electron chi connectivity index (χ1n) is 17.2. The van der Waals surface area contributed by atoms with E-state index in [4.69, 9.17) is 9.97 Å². The van der Waals surface area contributed by atoms with Gasteiger partial charge >= 0.3 is 6.03 Å². The van der Waals surface area contributed by atoms with Crippen LogP contribution in [0.2, 0.25) is 0 Å². The van der Waals surface area contributed by atoms with Crippen molar-refractivity contribution in [1.82, 2.24) is 40.8 Å². The summed E-state index contributed by atoms with van der Waals surface area (Å²) in [7, 11) is 0. The summed E-state index contributed by atoms with van der Waals surface area (Å²) in [6.45, 7) is 2.56. The predicted octanol–water partition coefficient (Wildman–Crippen LogP) is 0.454. The zero-order valence-electron chi connectivity index (χ0n) is 27.7. The Labute approximate surface area is 289 Å². The molecule has 264 valence electrons. The van der Waals surface area contributed by atoms with E-state index in [1.54, 1.807) is 10.9 Å². The van der Waals surface area contributed by atoms with E-state index in [1.807, 2.05) is 41.3 Å². The van der Waals surface area contributed by atoms with Gasteiger partial charge in [-0.05, 0) is 36.9 Å². The summed E-state index contributed by atoms with van der Waals surface area (Å²) in [6.07, 6.45) is 0.921. The minimum absolute atomic E-state index is 0.00425. The lowest BCUT2D eigenvalue weighted by molar-refractivity contribution is -0.125. The number of hydrogen-bond donors (Lipinski definition) is 8. The number of aliphatic hydroxyl groups excluding tert-OH is 3. The summed E-state index contributed by atoms with van der Waals surface area (Å²) in [5.74, 6) is 0.331. The van der Waals surface area contributed by atoms with Gasteiger partial charge in [0.1, 0.15) is 18.8 Å². The van der Waals surface area contributed by atoms with E-state index in [9.17, 15) is 24.9 Å². The number of imidazole rings is 1. The van der Waals surface area contributed by atoms with Gasteiger partial charge < -0.3 is 51.4 Å². The molecule has 0 radical (unpaired) electrons. The Balaban J connectivity index is 1.18. The molecule has 2 aliphatic heterocycles. The van der Waals surface area contributed by atoms with E-state index in [-0.39, 0.29) is 30.5 Å². The van der Waals surface area contributed by atoms with E-state index in [0.29, 0.717) is 49.0 Å². The van der Waals surface area contributed by atoms with Crippen LogP contribution in [0.4, 0.5) is 16.6 Å². The third kappa shape index (κ3) is 7.21. The molecular weight excluding hydrogens is 640 g/mol. The van der Waals surface area contributed by atoms with E-state index in [0.717, 1.165) is 30.6 Å². The molecular formula is C35H44N10O5. The van der Waals surface area contributed by atoms with Crippen LogP contribution in [0.25, 0.3) is 11.2 Å². The highest BCUT2D eigenvalue weighted by atomic mass is 16.3. The Kier molecular flexibility index (Phi) is 10.1. The van der Waals surface area contributed by atoms with Gasteiger partial charge in [-0.1, -0.05) is 60.7 Å². The molecule has 0 spiro atoms. The lowest BCUT2D eigenvalue weighted by Crippen LogP contribution is -2.47. The fraction of sp³-hybridized carbons (Fsp3) is 0.457. The highest BCUT2D eigenvalue weighted by Gasteiger charge is 2.44. The summed E-state index contributed by atoms with van der Waals surface area (Å²) in [6, 6.07) is 18.9. The van der Waals surface area contributed by atoms with Crippen molar-refractivity contribution in [2.24, 2.45) is 0 Å².